The quantitative estimate of drug-likeness (QED) is 0.367. The van der Waals surface area contributed by atoms with E-state index in [-0.39, 0.29) is 41.7 Å². The van der Waals surface area contributed by atoms with Crippen LogP contribution in [0.15, 0.2) is 12.2 Å². The van der Waals surface area contributed by atoms with Crippen LogP contribution in [0.25, 0.3) is 0 Å². The number of unbranched alkanes of at least 4 members (excludes halogenated alkanes) is 2. The van der Waals surface area contributed by atoms with E-state index in [1.165, 1.54) is 0 Å². The predicted molar refractivity (Wildman–Crippen MR) is 88.7 cm³/mol. The van der Waals surface area contributed by atoms with Crippen LogP contribution < -0.4 is 0 Å². The highest BCUT2D eigenvalue weighted by atomic mass is 16.5. The molecule has 0 aromatic heterocycles. The van der Waals surface area contributed by atoms with E-state index in [9.17, 15) is 9.59 Å². The minimum Gasteiger partial charge on any atom is -0.466 e. The highest BCUT2D eigenvalue weighted by molar-refractivity contribution is 5.84. The largest absolute Gasteiger partial charge is 0.466 e. The molecule has 0 saturated heterocycles. The van der Waals surface area contributed by atoms with E-state index in [0.717, 1.165) is 38.5 Å². The summed E-state index contributed by atoms with van der Waals surface area (Å²) in [6.07, 6.45) is 10.1. The summed E-state index contributed by atoms with van der Waals surface area (Å²) < 4.78 is 10.9. The maximum Gasteiger partial charge on any atom is 0.310 e. The molecule has 5 atom stereocenters. The molecule has 1 fully saturated rings. The molecule has 2 aliphatic carbocycles. The molecule has 5 unspecified atom stereocenters. The average Bonchev–Trinajstić information content (AvgIpc) is 3.15. The van der Waals surface area contributed by atoms with Crippen LogP contribution in [0.4, 0.5) is 0 Å². The Hall–Kier alpha value is -1.32. The van der Waals surface area contributed by atoms with Crippen LogP contribution >= 0.6 is 0 Å². The molecule has 130 valence electrons. The molecule has 1 saturated carbocycles. The lowest BCUT2D eigenvalue weighted by molar-refractivity contribution is -0.165. The lowest BCUT2D eigenvalue weighted by atomic mass is 9.83. The van der Waals surface area contributed by atoms with Crippen LogP contribution in [0.2, 0.25) is 0 Å². The molecule has 2 aliphatic rings. The SMILES string of the molecule is CCCCCC(CC)OC(=O)C1C2C=CC(C2)C1C(=O)OCC. The van der Waals surface area contributed by atoms with Gasteiger partial charge in [-0.05, 0) is 44.4 Å². The molecular weight excluding hydrogens is 292 g/mol. The van der Waals surface area contributed by atoms with Gasteiger partial charge < -0.3 is 9.47 Å². The lowest BCUT2D eigenvalue weighted by Gasteiger charge is -2.27. The van der Waals surface area contributed by atoms with Crippen LogP contribution in [0, 0.1) is 23.7 Å². The third-order valence-corrected chi connectivity index (χ3v) is 5.16. The van der Waals surface area contributed by atoms with Crippen LogP contribution in [-0.2, 0) is 19.1 Å². The summed E-state index contributed by atoms with van der Waals surface area (Å²) in [6, 6.07) is 0. The Labute approximate surface area is 139 Å². The van der Waals surface area contributed by atoms with Gasteiger partial charge in [0.25, 0.3) is 0 Å². The van der Waals surface area contributed by atoms with Crippen molar-refractivity contribution in [3.8, 4) is 0 Å². The second kappa shape index (κ2) is 8.51. The van der Waals surface area contributed by atoms with Gasteiger partial charge in [-0.3, -0.25) is 9.59 Å². The van der Waals surface area contributed by atoms with E-state index < -0.39 is 0 Å². The smallest absolute Gasteiger partial charge is 0.310 e. The molecule has 0 radical (unpaired) electrons. The highest BCUT2D eigenvalue weighted by Crippen LogP contribution is 2.49. The van der Waals surface area contributed by atoms with Crippen LogP contribution in [-0.4, -0.2) is 24.6 Å². The molecule has 0 aliphatic heterocycles. The van der Waals surface area contributed by atoms with Crippen molar-refractivity contribution in [1.82, 2.24) is 0 Å². The number of esters is 2. The number of carbonyl (C=O) groups excluding carboxylic acids is 2. The predicted octanol–water partition coefficient (Wildman–Crippen LogP) is 3.89. The lowest BCUT2D eigenvalue weighted by Crippen LogP contribution is -2.36. The van der Waals surface area contributed by atoms with E-state index in [0.29, 0.717) is 6.61 Å². The first kappa shape index (κ1) is 18.0. The molecular formula is C19H30O4. The fraction of sp³-hybridized carbons (Fsp3) is 0.789. The summed E-state index contributed by atoms with van der Waals surface area (Å²) in [6.45, 7) is 6.37. The molecule has 0 spiro atoms. The first-order valence-electron chi connectivity index (χ1n) is 9.17. The van der Waals surface area contributed by atoms with Crippen molar-refractivity contribution in [3.05, 3.63) is 12.2 Å². The third-order valence-electron chi connectivity index (χ3n) is 5.16. The zero-order chi connectivity index (χ0) is 16.8. The van der Waals surface area contributed by atoms with Crippen molar-refractivity contribution in [3.63, 3.8) is 0 Å². The number of allylic oxidation sites excluding steroid dienone is 2. The normalized spacial score (nSPS) is 29.5. The minimum absolute atomic E-state index is 0.0278. The van der Waals surface area contributed by atoms with Crippen molar-refractivity contribution >= 4 is 11.9 Å². The van der Waals surface area contributed by atoms with Gasteiger partial charge in [0.15, 0.2) is 0 Å². The standard InChI is InChI=1S/C19H30O4/c1-4-7-8-9-15(5-2)23-19(21)17-14-11-10-13(12-14)16(17)18(20)22-6-3/h10-11,13-17H,4-9,12H2,1-3H3. The Morgan fingerprint density at radius 2 is 1.70 bits per heavy atom. The highest BCUT2D eigenvalue weighted by Gasteiger charge is 2.53. The van der Waals surface area contributed by atoms with Crippen LogP contribution in [0.1, 0.15) is 59.3 Å². The Morgan fingerprint density at radius 1 is 1.04 bits per heavy atom. The van der Waals surface area contributed by atoms with Gasteiger partial charge >= 0.3 is 11.9 Å². The molecule has 23 heavy (non-hydrogen) atoms. The number of fused-ring (bicyclic) bond motifs is 2. The van der Waals surface area contributed by atoms with E-state index in [1.807, 2.05) is 6.92 Å². The maximum absolute atomic E-state index is 12.7. The molecule has 2 bridgehead atoms. The van der Waals surface area contributed by atoms with Gasteiger partial charge in [0.05, 0.1) is 18.4 Å². The van der Waals surface area contributed by atoms with Crippen molar-refractivity contribution in [2.45, 2.75) is 65.4 Å². The maximum atomic E-state index is 12.7. The topological polar surface area (TPSA) is 52.6 Å². The number of rotatable bonds is 9. The van der Waals surface area contributed by atoms with Gasteiger partial charge in [0, 0.05) is 0 Å². The summed E-state index contributed by atoms with van der Waals surface area (Å²) >= 11 is 0. The molecule has 0 amide bonds. The average molecular weight is 322 g/mol. The Morgan fingerprint density at radius 3 is 2.26 bits per heavy atom. The van der Waals surface area contributed by atoms with Gasteiger partial charge in [-0.1, -0.05) is 38.8 Å². The van der Waals surface area contributed by atoms with Crippen molar-refractivity contribution in [2.24, 2.45) is 23.7 Å². The Balaban J connectivity index is 1.98. The zero-order valence-corrected chi connectivity index (χ0v) is 14.6. The second-order valence-electron chi connectivity index (χ2n) is 6.71. The van der Waals surface area contributed by atoms with Gasteiger partial charge in [0.2, 0.25) is 0 Å². The summed E-state index contributed by atoms with van der Waals surface area (Å²) in [4.78, 5) is 24.9. The second-order valence-corrected chi connectivity index (χ2v) is 6.71. The van der Waals surface area contributed by atoms with Crippen molar-refractivity contribution in [2.75, 3.05) is 6.61 Å². The monoisotopic (exact) mass is 322 g/mol. The van der Waals surface area contributed by atoms with Gasteiger partial charge in [-0.15, -0.1) is 0 Å². The van der Waals surface area contributed by atoms with Gasteiger partial charge in [0.1, 0.15) is 6.10 Å². The zero-order valence-electron chi connectivity index (χ0n) is 14.6. The number of hydrogen-bond acceptors (Lipinski definition) is 4. The van der Waals surface area contributed by atoms with Crippen LogP contribution in [0.5, 0.6) is 0 Å². The fourth-order valence-electron chi connectivity index (χ4n) is 3.91. The Kier molecular flexibility index (Phi) is 6.67. The number of hydrogen-bond donors (Lipinski definition) is 0. The number of carbonyl (C=O) groups is 2. The molecule has 0 aromatic carbocycles. The summed E-state index contributed by atoms with van der Waals surface area (Å²) in [5.74, 6) is -0.893. The first-order valence-corrected chi connectivity index (χ1v) is 9.17. The van der Waals surface area contributed by atoms with Gasteiger partial charge in [-0.25, -0.2) is 0 Å². The van der Waals surface area contributed by atoms with Crippen LogP contribution in [0.3, 0.4) is 0 Å². The Bertz CT molecular complexity index is 443. The molecule has 4 nitrogen and oxygen atoms in total. The van der Waals surface area contributed by atoms with E-state index >= 15 is 0 Å². The molecule has 4 heteroatoms. The van der Waals surface area contributed by atoms with E-state index in [2.05, 4.69) is 19.1 Å². The van der Waals surface area contributed by atoms with Gasteiger partial charge in [-0.2, -0.15) is 0 Å². The molecule has 0 aromatic rings. The van der Waals surface area contributed by atoms with E-state index in [4.69, 9.17) is 9.47 Å². The van der Waals surface area contributed by atoms with Crippen molar-refractivity contribution in [1.29, 1.82) is 0 Å². The summed E-state index contributed by atoms with van der Waals surface area (Å²) in [7, 11) is 0. The fourth-order valence-corrected chi connectivity index (χ4v) is 3.91. The summed E-state index contributed by atoms with van der Waals surface area (Å²) in [5, 5.41) is 0. The third kappa shape index (κ3) is 4.15. The minimum atomic E-state index is -0.357. The molecule has 2 rings (SSSR count). The van der Waals surface area contributed by atoms with Crippen molar-refractivity contribution < 1.29 is 19.1 Å². The molecule has 0 heterocycles. The summed E-state index contributed by atoms with van der Waals surface area (Å²) in [5.41, 5.74) is 0. The number of ether oxygens (including phenoxy) is 2. The van der Waals surface area contributed by atoms with E-state index in [1.54, 1.807) is 6.92 Å². The first-order chi connectivity index (χ1) is 11.1. The molecule has 0 N–H and O–H groups in total.